The van der Waals surface area contributed by atoms with Gasteiger partial charge in [0, 0.05) is 53.5 Å². The minimum atomic E-state index is -4.16. The van der Waals surface area contributed by atoms with E-state index in [-0.39, 0.29) is 0 Å². The normalized spacial score (nSPS) is 23.2. The Morgan fingerprint density at radius 3 is 2.33 bits per heavy atom. The highest BCUT2D eigenvalue weighted by Gasteiger charge is 2.43. The average molecular weight is 350 g/mol. The van der Waals surface area contributed by atoms with Crippen LogP contribution in [-0.4, -0.2) is 81.5 Å². The van der Waals surface area contributed by atoms with Gasteiger partial charge in [-0.1, -0.05) is 0 Å². The van der Waals surface area contributed by atoms with Gasteiger partial charge in [0.2, 0.25) is 0 Å². The van der Waals surface area contributed by atoms with Crippen LogP contribution in [0, 0.1) is 5.41 Å². The Kier molecular flexibility index (Phi) is 6.36. The van der Waals surface area contributed by atoms with Crippen LogP contribution in [0.15, 0.2) is 4.99 Å². The van der Waals surface area contributed by atoms with Crippen molar-refractivity contribution in [3.05, 3.63) is 0 Å². The van der Waals surface area contributed by atoms with E-state index in [1.165, 1.54) is 24.7 Å². The number of halogens is 3. The van der Waals surface area contributed by atoms with Gasteiger partial charge in [-0.2, -0.15) is 13.2 Å². The molecule has 0 amide bonds. The molecule has 5 nitrogen and oxygen atoms in total. The molecule has 0 aromatic rings. The van der Waals surface area contributed by atoms with Crippen LogP contribution < -0.4 is 5.32 Å². The highest BCUT2D eigenvalue weighted by atomic mass is 19.4. The van der Waals surface area contributed by atoms with Gasteiger partial charge in [0.05, 0.1) is 0 Å². The van der Waals surface area contributed by atoms with E-state index in [1.807, 2.05) is 4.90 Å². The number of hydrogen-bond acceptors (Lipinski definition) is 3. The quantitative estimate of drug-likeness (QED) is 0.587. The van der Waals surface area contributed by atoms with E-state index in [4.69, 9.17) is 4.74 Å². The number of hydrogen-bond donors (Lipinski definition) is 1. The number of aliphatic imine (C=N–C) groups is 1. The molecule has 1 aliphatic carbocycles. The summed E-state index contributed by atoms with van der Waals surface area (Å²) in [6, 6.07) is -1.39. The van der Waals surface area contributed by atoms with Crippen LogP contribution in [0.1, 0.15) is 26.2 Å². The maximum absolute atomic E-state index is 12.8. The van der Waals surface area contributed by atoms with Gasteiger partial charge in [-0.15, -0.1) is 0 Å². The Hall–Kier alpha value is -1.02. The summed E-state index contributed by atoms with van der Waals surface area (Å²) in [5, 5.41) is 3.40. The average Bonchev–Trinajstić information content (AvgIpc) is 3.33. The molecule has 140 valence electrons. The van der Waals surface area contributed by atoms with Crippen molar-refractivity contribution in [2.75, 3.05) is 53.5 Å². The molecule has 1 atom stereocenters. The molecule has 0 bridgehead atoms. The second kappa shape index (κ2) is 7.91. The van der Waals surface area contributed by atoms with Gasteiger partial charge in [0.25, 0.3) is 0 Å². The van der Waals surface area contributed by atoms with Crippen molar-refractivity contribution >= 4 is 5.96 Å². The van der Waals surface area contributed by atoms with Crippen molar-refractivity contribution in [3.63, 3.8) is 0 Å². The molecule has 1 saturated carbocycles. The van der Waals surface area contributed by atoms with Gasteiger partial charge in [-0.25, -0.2) is 0 Å². The van der Waals surface area contributed by atoms with Gasteiger partial charge in [0.15, 0.2) is 5.96 Å². The number of piperazine rings is 1. The Morgan fingerprint density at radius 2 is 1.88 bits per heavy atom. The number of rotatable bonds is 6. The third-order valence-corrected chi connectivity index (χ3v) is 5.26. The van der Waals surface area contributed by atoms with Gasteiger partial charge in [0.1, 0.15) is 6.04 Å². The lowest BCUT2D eigenvalue weighted by atomic mass is 10.0. The standard InChI is InChI=1S/C16H29F3N4O/c1-13(16(17,18)19)22-7-9-23(10-8-22)14(20-2)21-12-15(4-5-15)6-11-24-3/h13H,4-12H2,1-3H3,(H,20,21). The maximum atomic E-state index is 12.8. The van der Waals surface area contributed by atoms with Crippen LogP contribution in [0.25, 0.3) is 0 Å². The second-order valence-corrected chi connectivity index (χ2v) is 6.88. The molecule has 1 N–H and O–H groups in total. The van der Waals surface area contributed by atoms with Crippen LogP contribution in [-0.2, 0) is 4.74 Å². The van der Waals surface area contributed by atoms with Crippen LogP contribution >= 0.6 is 0 Å². The number of nitrogens with zero attached hydrogens (tertiary/aromatic N) is 3. The Labute approximate surface area is 142 Å². The first-order valence-corrected chi connectivity index (χ1v) is 8.57. The molecule has 0 radical (unpaired) electrons. The van der Waals surface area contributed by atoms with Crippen LogP contribution in [0.5, 0.6) is 0 Å². The van der Waals surface area contributed by atoms with E-state index >= 15 is 0 Å². The molecule has 2 rings (SSSR count). The van der Waals surface area contributed by atoms with Crippen molar-refractivity contribution in [2.45, 2.75) is 38.4 Å². The number of guanidine groups is 1. The zero-order chi connectivity index (χ0) is 17.8. The number of methoxy groups -OCH3 is 1. The Balaban J connectivity index is 1.79. The summed E-state index contributed by atoms with van der Waals surface area (Å²) in [6.07, 6.45) is -0.749. The van der Waals surface area contributed by atoms with E-state index < -0.39 is 12.2 Å². The molecule has 1 unspecified atom stereocenters. The van der Waals surface area contributed by atoms with Gasteiger partial charge in [-0.3, -0.25) is 9.89 Å². The van der Waals surface area contributed by atoms with Crippen molar-refractivity contribution in [1.29, 1.82) is 0 Å². The molecule has 0 aromatic carbocycles. The molecule has 2 fully saturated rings. The van der Waals surface area contributed by atoms with Gasteiger partial charge < -0.3 is 15.0 Å². The van der Waals surface area contributed by atoms with E-state index in [2.05, 4.69) is 10.3 Å². The highest BCUT2D eigenvalue weighted by molar-refractivity contribution is 5.80. The fourth-order valence-electron chi connectivity index (χ4n) is 3.14. The Bertz CT molecular complexity index is 430. The summed E-state index contributed by atoms with van der Waals surface area (Å²) < 4.78 is 43.6. The van der Waals surface area contributed by atoms with Crippen molar-refractivity contribution in [2.24, 2.45) is 10.4 Å². The topological polar surface area (TPSA) is 40.1 Å². The zero-order valence-corrected chi connectivity index (χ0v) is 14.8. The molecule has 1 heterocycles. The molecule has 1 aliphatic heterocycles. The highest BCUT2D eigenvalue weighted by Crippen LogP contribution is 2.48. The summed E-state index contributed by atoms with van der Waals surface area (Å²) in [5.74, 6) is 0.790. The third kappa shape index (κ3) is 4.99. The maximum Gasteiger partial charge on any atom is 0.403 e. The molecule has 0 spiro atoms. The van der Waals surface area contributed by atoms with Crippen molar-refractivity contribution in [3.8, 4) is 0 Å². The first-order valence-electron chi connectivity index (χ1n) is 8.57. The zero-order valence-electron chi connectivity index (χ0n) is 14.8. The SMILES string of the molecule is CN=C(NCC1(CCOC)CC1)N1CCN(C(C)C(F)(F)F)CC1. The van der Waals surface area contributed by atoms with Crippen LogP contribution in [0.2, 0.25) is 0 Å². The number of ether oxygens (including phenoxy) is 1. The summed E-state index contributed by atoms with van der Waals surface area (Å²) in [6.45, 7) is 4.76. The molecule has 24 heavy (non-hydrogen) atoms. The molecule has 8 heteroatoms. The lowest BCUT2D eigenvalue weighted by Gasteiger charge is -2.39. The predicted octanol–water partition coefficient (Wildman–Crippen LogP) is 1.95. The lowest BCUT2D eigenvalue weighted by molar-refractivity contribution is -0.181. The van der Waals surface area contributed by atoms with Gasteiger partial charge in [-0.05, 0) is 31.6 Å². The smallest absolute Gasteiger partial charge is 0.385 e. The second-order valence-electron chi connectivity index (χ2n) is 6.88. The van der Waals surface area contributed by atoms with Gasteiger partial charge >= 0.3 is 6.18 Å². The first-order chi connectivity index (χ1) is 11.3. The minimum Gasteiger partial charge on any atom is -0.385 e. The summed E-state index contributed by atoms with van der Waals surface area (Å²) >= 11 is 0. The number of alkyl halides is 3. The van der Waals surface area contributed by atoms with E-state index in [0.29, 0.717) is 31.6 Å². The minimum absolute atomic E-state index is 0.304. The van der Waals surface area contributed by atoms with Crippen LogP contribution in [0.4, 0.5) is 13.2 Å². The molecule has 1 saturated heterocycles. The fraction of sp³-hybridized carbons (Fsp3) is 0.938. The van der Waals surface area contributed by atoms with E-state index in [9.17, 15) is 13.2 Å². The summed E-state index contributed by atoms with van der Waals surface area (Å²) in [4.78, 5) is 7.84. The first kappa shape index (κ1) is 19.3. The summed E-state index contributed by atoms with van der Waals surface area (Å²) in [7, 11) is 3.44. The monoisotopic (exact) mass is 350 g/mol. The summed E-state index contributed by atoms with van der Waals surface area (Å²) in [5.41, 5.74) is 0.304. The van der Waals surface area contributed by atoms with E-state index in [1.54, 1.807) is 14.2 Å². The number of nitrogens with one attached hydrogen (secondary N) is 1. The fourth-order valence-corrected chi connectivity index (χ4v) is 3.14. The van der Waals surface area contributed by atoms with Crippen LogP contribution in [0.3, 0.4) is 0 Å². The molecule has 0 aromatic heterocycles. The Morgan fingerprint density at radius 1 is 1.25 bits per heavy atom. The molecular formula is C16H29F3N4O. The predicted molar refractivity (Wildman–Crippen MR) is 88.2 cm³/mol. The molecule has 2 aliphatic rings. The third-order valence-electron chi connectivity index (χ3n) is 5.26. The van der Waals surface area contributed by atoms with Crippen molar-refractivity contribution < 1.29 is 17.9 Å². The largest absolute Gasteiger partial charge is 0.403 e. The molecular weight excluding hydrogens is 321 g/mol. The lowest BCUT2D eigenvalue weighted by Crippen LogP contribution is -2.57. The van der Waals surface area contributed by atoms with Crippen molar-refractivity contribution in [1.82, 2.24) is 15.1 Å². The van der Waals surface area contributed by atoms with E-state index in [0.717, 1.165) is 25.5 Å².